The molecule has 4 aromatic rings. The van der Waals surface area contributed by atoms with Crippen molar-refractivity contribution in [3.63, 3.8) is 0 Å². The number of carbonyl (C=O) groups is 1. The van der Waals surface area contributed by atoms with Crippen LogP contribution in [-0.4, -0.2) is 29.2 Å². The minimum absolute atomic E-state index is 0.308. The molecule has 0 spiro atoms. The first-order valence-electron chi connectivity index (χ1n) is 9.30. The fourth-order valence-electron chi connectivity index (χ4n) is 3.74. The van der Waals surface area contributed by atoms with Crippen LogP contribution in [0.3, 0.4) is 0 Å². The summed E-state index contributed by atoms with van der Waals surface area (Å²) in [5.74, 6) is 0. The summed E-state index contributed by atoms with van der Waals surface area (Å²) in [5, 5.41) is 0.984. The van der Waals surface area contributed by atoms with Gasteiger partial charge in [-0.2, -0.15) is 0 Å². The molecular formula is C23H19N3O2. The van der Waals surface area contributed by atoms with E-state index >= 15 is 0 Å². The van der Waals surface area contributed by atoms with Crippen LogP contribution in [-0.2, 0) is 4.74 Å². The summed E-state index contributed by atoms with van der Waals surface area (Å²) in [4.78, 5) is 22.2. The molecule has 0 saturated carbocycles. The minimum Gasteiger partial charge on any atom is -0.447 e. The summed E-state index contributed by atoms with van der Waals surface area (Å²) < 4.78 is 5.22. The fourth-order valence-corrected chi connectivity index (χ4v) is 3.74. The zero-order valence-electron chi connectivity index (χ0n) is 15.5. The van der Waals surface area contributed by atoms with Crippen LogP contribution in [0.5, 0.6) is 0 Å². The number of hydrogen-bond acceptors (Lipinski definition) is 3. The number of nitrogens with one attached hydrogen (secondary N) is 1. The van der Waals surface area contributed by atoms with Gasteiger partial charge in [0.1, 0.15) is 6.61 Å². The SMILES string of the molecule is Cc1ccc(-c2[nH]c3c(-c4ccccn4)cccc3c2N2CCOC2=O)cc1. The van der Waals surface area contributed by atoms with Crippen LogP contribution in [0.25, 0.3) is 33.4 Å². The number of aromatic amines is 1. The Balaban J connectivity index is 1.80. The van der Waals surface area contributed by atoms with Crippen LogP contribution < -0.4 is 4.90 Å². The highest BCUT2D eigenvalue weighted by atomic mass is 16.6. The lowest BCUT2D eigenvalue weighted by atomic mass is 10.0. The highest BCUT2D eigenvalue weighted by Crippen LogP contribution is 2.41. The Morgan fingerprint density at radius 2 is 1.89 bits per heavy atom. The first-order valence-corrected chi connectivity index (χ1v) is 9.30. The summed E-state index contributed by atoms with van der Waals surface area (Å²) in [7, 11) is 0. The van der Waals surface area contributed by atoms with E-state index in [1.165, 1.54) is 5.56 Å². The molecule has 0 aliphatic carbocycles. The molecule has 1 saturated heterocycles. The number of carbonyl (C=O) groups excluding carboxylic acids is 1. The number of anilines is 1. The van der Waals surface area contributed by atoms with Crippen molar-refractivity contribution < 1.29 is 9.53 Å². The van der Waals surface area contributed by atoms with Crippen molar-refractivity contribution in [2.45, 2.75) is 6.92 Å². The molecule has 5 nitrogen and oxygen atoms in total. The third kappa shape index (κ3) is 2.63. The van der Waals surface area contributed by atoms with E-state index in [-0.39, 0.29) is 6.09 Å². The first-order chi connectivity index (χ1) is 13.7. The van der Waals surface area contributed by atoms with E-state index in [4.69, 9.17) is 4.74 Å². The summed E-state index contributed by atoms with van der Waals surface area (Å²) in [6, 6.07) is 20.3. The number of cyclic esters (lactones) is 1. The number of amides is 1. The van der Waals surface area contributed by atoms with Gasteiger partial charge in [-0.05, 0) is 19.1 Å². The van der Waals surface area contributed by atoms with Crippen LogP contribution in [0, 0.1) is 6.92 Å². The molecule has 138 valence electrons. The van der Waals surface area contributed by atoms with Crippen LogP contribution in [0.4, 0.5) is 10.5 Å². The zero-order valence-corrected chi connectivity index (χ0v) is 15.5. The summed E-state index contributed by atoms with van der Waals surface area (Å²) in [6.45, 7) is 3.00. The zero-order chi connectivity index (χ0) is 19.1. The van der Waals surface area contributed by atoms with Gasteiger partial charge >= 0.3 is 6.09 Å². The van der Waals surface area contributed by atoms with Crippen molar-refractivity contribution in [3.8, 4) is 22.5 Å². The van der Waals surface area contributed by atoms with E-state index in [0.717, 1.165) is 39.1 Å². The standard InChI is InChI=1S/C23H19N3O2/c1-15-8-10-16(11-9-15)20-22(26-13-14-28-23(26)27)18-6-4-5-17(21(18)25-20)19-7-2-3-12-24-19/h2-12,25H,13-14H2,1H3. The molecule has 1 aliphatic rings. The van der Waals surface area contributed by atoms with E-state index < -0.39 is 0 Å². The molecule has 28 heavy (non-hydrogen) atoms. The van der Waals surface area contributed by atoms with Gasteiger partial charge in [0.2, 0.25) is 0 Å². The number of aryl methyl sites for hydroxylation is 1. The van der Waals surface area contributed by atoms with Crippen LogP contribution in [0.15, 0.2) is 66.9 Å². The van der Waals surface area contributed by atoms with E-state index in [1.807, 2.05) is 36.4 Å². The maximum atomic E-state index is 12.4. The third-order valence-electron chi connectivity index (χ3n) is 5.12. The van der Waals surface area contributed by atoms with Crippen molar-refractivity contribution in [1.82, 2.24) is 9.97 Å². The van der Waals surface area contributed by atoms with Crippen molar-refractivity contribution >= 4 is 22.7 Å². The van der Waals surface area contributed by atoms with Crippen LogP contribution >= 0.6 is 0 Å². The lowest BCUT2D eigenvalue weighted by Crippen LogP contribution is -2.23. The average molecular weight is 369 g/mol. The van der Waals surface area contributed by atoms with Gasteiger partial charge < -0.3 is 9.72 Å². The Labute approximate surface area is 162 Å². The topological polar surface area (TPSA) is 58.2 Å². The molecule has 0 unspecified atom stereocenters. The molecule has 5 rings (SSSR count). The van der Waals surface area contributed by atoms with Gasteiger partial charge in [0, 0.05) is 22.7 Å². The molecule has 1 amide bonds. The Hall–Kier alpha value is -3.60. The van der Waals surface area contributed by atoms with Crippen molar-refractivity contribution in [1.29, 1.82) is 0 Å². The van der Waals surface area contributed by atoms with Gasteiger partial charge in [-0.1, -0.05) is 54.1 Å². The van der Waals surface area contributed by atoms with Crippen LogP contribution in [0.2, 0.25) is 0 Å². The van der Waals surface area contributed by atoms with Gasteiger partial charge in [0.15, 0.2) is 0 Å². The van der Waals surface area contributed by atoms with Crippen molar-refractivity contribution in [2.24, 2.45) is 0 Å². The van der Waals surface area contributed by atoms with Crippen molar-refractivity contribution in [3.05, 3.63) is 72.4 Å². The lowest BCUT2D eigenvalue weighted by molar-refractivity contribution is 0.181. The fraction of sp³-hybridized carbons (Fsp3) is 0.130. The number of fused-ring (bicyclic) bond motifs is 1. The molecule has 0 atom stereocenters. The molecule has 2 aromatic heterocycles. The van der Waals surface area contributed by atoms with E-state index in [9.17, 15) is 4.79 Å². The number of para-hydroxylation sites is 1. The largest absolute Gasteiger partial charge is 0.447 e. The smallest absolute Gasteiger partial charge is 0.414 e. The van der Waals surface area contributed by atoms with Gasteiger partial charge in [-0.15, -0.1) is 0 Å². The molecular weight excluding hydrogens is 350 g/mol. The number of H-pyrrole nitrogens is 1. The van der Waals surface area contributed by atoms with E-state index in [2.05, 4.69) is 41.2 Å². The summed E-state index contributed by atoms with van der Waals surface area (Å²) in [6.07, 6.45) is 1.48. The number of pyridine rings is 1. The number of nitrogens with zero attached hydrogens (tertiary/aromatic N) is 2. The Bertz CT molecular complexity index is 1160. The van der Waals surface area contributed by atoms with Crippen LogP contribution in [0.1, 0.15) is 5.56 Å². The Morgan fingerprint density at radius 1 is 1.04 bits per heavy atom. The monoisotopic (exact) mass is 369 g/mol. The predicted molar refractivity (Wildman–Crippen MR) is 110 cm³/mol. The number of aromatic nitrogens is 2. The van der Waals surface area contributed by atoms with Crippen molar-refractivity contribution in [2.75, 3.05) is 18.1 Å². The molecule has 0 radical (unpaired) electrons. The minimum atomic E-state index is -0.308. The van der Waals surface area contributed by atoms with Gasteiger partial charge in [-0.25, -0.2) is 4.79 Å². The lowest BCUT2D eigenvalue weighted by Gasteiger charge is -2.15. The van der Waals surface area contributed by atoms with Gasteiger partial charge in [0.05, 0.1) is 29.1 Å². The summed E-state index contributed by atoms with van der Waals surface area (Å²) in [5.41, 5.74) is 6.85. The molecule has 2 aromatic carbocycles. The maximum Gasteiger partial charge on any atom is 0.414 e. The number of benzene rings is 2. The highest BCUT2D eigenvalue weighted by Gasteiger charge is 2.30. The van der Waals surface area contributed by atoms with Gasteiger partial charge in [-0.3, -0.25) is 9.88 Å². The number of hydrogen-bond donors (Lipinski definition) is 1. The average Bonchev–Trinajstić information content (AvgIpc) is 3.32. The predicted octanol–water partition coefficient (Wildman–Crippen LogP) is 5.16. The summed E-state index contributed by atoms with van der Waals surface area (Å²) >= 11 is 0. The molecule has 1 fully saturated rings. The second kappa shape index (κ2) is 6.53. The second-order valence-electron chi connectivity index (χ2n) is 6.92. The quantitative estimate of drug-likeness (QED) is 0.542. The molecule has 0 bridgehead atoms. The molecule has 5 heteroatoms. The first kappa shape index (κ1) is 16.6. The molecule has 3 heterocycles. The third-order valence-corrected chi connectivity index (χ3v) is 5.12. The molecule has 1 N–H and O–H groups in total. The second-order valence-corrected chi connectivity index (χ2v) is 6.92. The number of ether oxygens (including phenoxy) is 1. The Morgan fingerprint density at radius 3 is 2.61 bits per heavy atom. The normalized spacial score (nSPS) is 13.9. The van der Waals surface area contributed by atoms with E-state index in [0.29, 0.717) is 13.2 Å². The van der Waals surface area contributed by atoms with Gasteiger partial charge in [0.25, 0.3) is 0 Å². The maximum absolute atomic E-state index is 12.4. The highest BCUT2D eigenvalue weighted by molar-refractivity contribution is 6.11. The molecule has 1 aliphatic heterocycles. The number of rotatable bonds is 3. The Kier molecular flexibility index (Phi) is 3.86. The van der Waals surface area contributed by atoms with E-state index in [1.54, 1.807) is 11.1 Å².